The van der Waals surface area contributed by atoms with Gasteiger partial charge >= 0.3 is 0 Å². The van der Waals surface area contributed by atoms with E-state index in [1.54, 1.807) is 6.20 Å². The second-order valence-corrected chi connectivity index (χ2v) is 4.98. The molecule has 92 valence electrons. The van der Waals surface area contributed by atoms with Crippen LogP contribution in [0.25, 0.3) is 0 Å². The number of aromatic nitrogens is 1. The van der Waals surface area contributed by atoms with Crippen molar-refractivity contribution in [1.82, 2.24) is 9.88 Å². The van der Waals surface area contributed by atoms with Gasteiger partial charge in [0.15, 0.2) is 0 Å². The van der Waals surface area contributed by atoms with Crippen LogP contribution in [0.15, 0.2) is 18.3 Å². The molecule has 1 atom stereocenters. The van der Waals surface area contributed by atoms with Crippen molar-refractivity contribution in [2.45, 2.75) is 18.9 Å². The Labute approximate surface area is 107 Å². The van der Waals surface area contributed by atoms with Crippen molar-refractivity contribution in [3.8, 4) is 0 Å². The lowest BCUT2D eigenvalue weighted by Gasteiger charge is -2.30. The van der Waals surface area contributed by atoms with Crippen LogP contribution in [0.5, 0.6) is 0 Å². The van der Waals surface area contributed by atoms with Gasteiger partial charge in [-0.2, -0.15) is 0 Å². The van der Waals surface area contributed by atoms with E-state index in [2.05, 4.69) is 22.2 Å². The minimum absolute atomic E-state index is 0.342. The average molecular weight is 250 g/mol. The first-order chi connectivity index (χ1) is 8.15. The second-order valence-electron chi connectivity index (χ2n) is 4.54. The number of nitrogens with one attached hydrogen (secondary N) is 1. The minimum atomic E-state index is 0.342. The molecule has 0 bridgehead atoms. The predicted molar refractivity (Wildman–Crippen MR) is 74.3 cm³/mol. The number of likely N-dealkylation sites (tertiary alicyclic amines) is 1. The Kier molecular flexibility index (Phi) is 3.91. The number of thiocarbonyl (C=S) groups is 1. The summed E-state index contributed by atoms with van der Waals surface area (Å²) < 4.78 is 0. The van der Waals surface area contributed by atoms with Crippen LogP contribution in [0, 0.1) is 0 Å². The summed E-state index contributed by atoms with van der Waals surface area (Å²) in [6, 6.07) is 4.36. The zero-order chi connectivity index (χ0) is 12.3. The monoisotopic (exact) mass is 250 g/mol. The maximum atomic E-state index is 5.57. The highest BCUT2D eigenvalue weighted by Gasteiger charge is 2.16. The zero-order valence-corrected chi connectivity index (χ0v) is 10.8. The fourth-order valence-corrected chi connectivity index (χ4v) is 2.29. The van der Waals surface area contributed by atoms with E-state index in [1.165, 1.54) is 19.4 Å². The molecule has 0 amide bonds. The Morgan fingerprint density at radius 2 is 2.47 bits per heavy atom. The lowest BCUT2D eigenvalue weighted by molar-refractivity contribution is 0.261. The Bertz CT molecular complexity index is 407. The van der Waals surface area contributed by atoms with Gasteiger partial charge in [-0.15, -0.1) is 0 Å². The Hall–Kier alpha value is -1.20. The van der Waals surface area contributed by atoms with Gasteiger partial charge in [0.2, 0.25) is 0 Å². The molecular formula is C12H18N4S. The minimum Gasteiger partial charge on any atom is -0.388 e. The molecule has 1 unspecified atom stereocenters. The van der Waals surface area contributed by atoms with Crippen LogP contribution in [0.1, 0.15) is 18.5 Å². The topological polar surface area (TPSA) is 54.2 Å². The average Bonchev–Trinajstić information content (AvgIpc) is 2.29. The van der Waals surface area contributed by atoms with Crippen molar-refractivity contribution >= 4 is 22.9 Å². The van der Waals surface area contributed by atoms with Crippen LogP contribution in [0.2, 0.25) is 0 Å². The molecule has 1 aliphatic heterocycles. The van der Waals surface area contributed by atoms with E-state index < -0.39 is 0 Å². The SMILES string of the molecule is CN1CCCC(Nc2ccnc(C(N)=S)c2)C1. The number of nitrogens with zero attached hydrogens (tertiary/aromatic N) is 2. The second kappa shape index (κ2) is 5.42. The summed E-state index contributed by atoms with van der Waals surface area (Å²) in [5.74, 6) is 0. The highest BCUT2D eigenvalue weighted by molar-refractivity contribution is 7.80. The van der Waals surface area contributed by atoms with Gasteiger partial charge < -0.3 is 16.0 Å². The van der Waals surface area contributed by atoms with Gasteiger partial charge in [-0.3, -0.25) is 4.98 Å². The normalized spacial score (nSPS) is 21.1. The zero-order valence-electron chi connectivity index (χ0n) is 10.0. The Morgan fingerprint density at radius 3 is 3.18 bits per heavy atom. The number of rotatable bonds is 3. The van der Waals surface area contributed by atoms with Crippen molar-refractivity contribution in [1.29, 1.82) is 0 Å². The first-order valence-electron chi connectivity index (χ1n) is 5.86. The van der Waals surface area contributed by atoms with Gasteiger partial charge in [-0.1, -0.05) is 12.2 Å². The molecule has 0 radical (unpaired) electrons. The fourth-order valence-electron chi connectivity index (χ4n) is 2.17. The first-order valence-corrected chi connectivity index (χ1v) is 6.27. The van der Waals surface area contributed by atoms with Gasteiger partial charge in [-0.25, -0.2) is 0 Å². The molecule has 0 aromatic carbocycles. The van der Waals surface area contributed by atoms with E-state index in [0.29, 0.717) is 16.7 Å². The lowest BCUT2D eigenvalue weighted by Crippen LogP contribution is -2.39. The van der Waals surface area contributed by atoms with E-state index in [0.717, 1.165) is 12.2 Å². The maximum Gasteiger partial charge on any atom is 0.122 e. The van der Waals surface area contributed by atoms with Gasteiger partial charge in [-0.05, 0) is 38.6 Å². The molecule has 0 saturated carbocycles. The lowest BCUT2D eigenvalue weighted by atomic mass is 10.1. The highest BCUT2D eigenvalue weighted by Crippen LogP contribution is 2.15. The highest BCUT2D eigenvalue weighted by atomic mass is 32.1. The summed E-state index contributed by atoms with van der Waals surface area (Å²) in [5.41, 5.74) is 7.29. The van der Waals surface area contributed by atoms with Crippen molar-refractivity contribution < 1.29 is 0 Å². The van der Waals surface area contributed by atoms with Crippen molar-refractivity contribution in [2.75, 3.05) is 25.5 Å². The molecular weight excluding hydrogens is 232 g/mol. The molecule has 0 aliphatic carbocycles. The molecule has 2 heterocycles. The molecule has 1 aromatic rings. The number of hydrogen-bond donors (Lipinski definition) is 2. The third-order valence-electron chi connectivity index (χ3n) is 3.01. The third-order valence-corrected chi connectivity index (χ3v) is 3.22. The number of pyridine rings is 1. The smallest absolute Gasteiger partial charge is 0.122 e. The van der Waals surface area contributed by atoms with Crippen LogP contribution in [-0.4, -0.2) is 41.1 Å². The number of anilines is 1. The van der Waals surface area contributed by atoms with E-state index in [-0.39, 0.29) is 0 Å². The van der Waals surface area contributed by atoms with Crippen LogP contribution >= 0.6 is 12.2 Å². The summed E-state index contributed by atoms with van der Waals surface area (Å²) in [7, 11) is 2.15. The molecule has 3 N–H and O–H groups in total. The summed E-state index contributed by atoms with van der Waals surface area (Å²) >= 11 is 4.92. The molecule has 1 fully saturated rings. The summed E-state index contributed by atoms with van der Waals surface area (Å²) in [6.07, 6.45) is 4.18. The molecule has 0 spiro atoms. The summed E-state index contributed by atoms with van der Waals surface area (Å²) in [5, 5.41) is 3.51. The van der Waals surface area contributed by atoms with Crippen LogP contribution in [-0.2, 0) is 0 Å². The first kappa shape index (κ1) is 12.3. The number of hydrogen-bond acceptors (Lipinski definition) is 4. The van der Waals surface area contributed by atoms with Crippen molar-refractivity contribution in [3.05, 3.63) is 24.0 Å². The maximum absolute atomic E-state index is 5.57. The Morgan fingerprint density at radius 1 is 1.65 bits per heavy atom. The molecule has 1 aliphatic rings. The quantitative estimate of drug-likeness (QED) is 0.790. The van der Waals surface area contributed by atoms with Gasteiger partial charge in [0.25, 0.3) is 0 Å². The fraction of sp³-hybridized carbons (Fsp3) is 0.500. The molecule has 2 rings (SSSR count). The van der Waals surface area contributed by atoms with E-state index in [4.69, 9.17) is 18.0 Å². The van der Waals surface area contributed by atoms with Crippen molar-refractivity contribution in [3.63, 3.8) is 0 Å². The predicted octanol–water partition coefficient (Wildman–Crippen LogP) is 1.22. The van der Waals surface area contributed by atoms with Crippen LogP contribution in [0.3, 0.4) is 0 Å². The van der Waals surface area contributed by atoms with Crippen LogP contribution in [0.4, 0.5) is 5.69 Å². The largest absolute Gasteiger partial charge is 0.388 e. The van der Waals surface area contributed by atoms with Crippen LogP contribution < -0.4 is 11.1 Å². The molecule has 1 aromatic heterocycles. The van der Waals surface area contributed by atoms with E-state index >= 15 is 0 Å². The number of likely N-dealkylation sites (N-methyl/N-ethyl adjacent to an activating group) is 1. The van der Waals surface area contributed by atoms with Crippen molar-refractivity contribution in [2.24, 2.45) is 5.73 Å². The standard InChI is InChI=1S/C12H18N4S/c1-16-6-2-3-10(8-16)15-9-4-5-14-11(7-9)12(13)17/h4-5,7,10H,2-3,6,8H2,1H3,(H2,13,17)(H,14,15). The summed E-state index contributed by atoms with van der Waals surface area (Å²) in [4.78, 5) is 6.82. The third kappa shape index (κ3) is 3.38. The number of piperidine rings is 1. The Balaban J connectivity index is 2.02. The van der Waals surface area contributed by atoms with E-state index in [1.807, 2.05) is 12.1 Å². The van der Waals surface area contributed by atoms with E-state index in [9.17, 15) is 0 Å². The van der Waals surface area contributed by atoms with Gasteiger partial charge in [0.1, 0.15) is 4.99 Å². The molecule has 4 nitrogen and oxygen atoms in total. The number of nitrogens with two attached hydrogens (primary N) is 1. The van der Waals surface area contributed by atoms with Gasteiger partial charge in [0, 0.05) is 24.5 Å². The summed E-state index contributed by atoms with van der Waals surface area (Å²) in [6.45, 7) is 2.26. The van der Waals surface area contributed by atoms with Gasteiger partial charge in [0.05, 0.1) is 5.69 Å². The molecule has 1 saturated heterocycles. The molecule has 5 heteroatoms. The molecule has 17 heavy (non-hydrogen) atoms.